The van der Waals surface area contributed by atoms with Gasteiger partial charge in [0.2, 0.25) is 17.8 Å². The molecule has 2 aromatic carbocycles. The van der Waals surface area contributed by atoms with E-state index in [1.807, 2.05) is 23.1 Å². The molecule has 2 amide bonds. The van der Waals surface area contributed by atoms with Crippen molar-refractivity contribution in [3.05, 3.63) is 81.1 Å². The molecule has 0 radical (unpaired) electrons. The van der Waals surface area contributed by atoms with Gasteiger partial charge in [0, 0.05) is 25.2 Å². The SMILES string of the molecule is CCOC(=O)c1ccc(NC(=O)C2CC(=O)Nc3nc(N4CCc5ccccc5C4)[nH]c(=O)c32)cc1. The van der Waals surface area contributed by atoms with Crippen molar-refractivity contribution < 1.29 is 19.1 Å². The molecule has 1 atom stereocenters. The molecule has 2 aliphatic heterocycles. The monoisotopic (exact) mass is 487 g/mol. The van der Waals surface area contributed by atoms with Crippen LogP contribution in [-0.2, 0) is 27.3 Å². The number of carbonyl (C=O) groups is 3. The standard InChI is InChI=1S/C26H25N5O5/c1-2-36-25(35)16-7-9-18(10-8-16)27-23(33)19-13-20(32)28-22-21(19)24(34)30-26(29-22)31-12-11-15-5-3-4-6-17(15)14-31/h3-10,19H,2,11-14H2,1H3,(H,27,33)(H2,28,29,30,32,34). The summed E-state index contributed by atoms with van der Waals surface area (Å²) < 4.78 is 4.96. The van der Waals surface area contributed by atoms with Crippen molar-refractivity contribution in [2.45, 2.75) is 32.2 Å². The maximum Gasteiger partial charge on any atom is 0.338 e. The summed E-state index contributed by atoms with van der Waals surface area (Å²) in [4.78, 5) is 59.8. The van der Waals surface area contributed by atoms with Crippen LogP contribution in [0.2, 0.25) is 0 Å². The zero-order valence-electron chi connectivity index (χ0n) is 19.7. The topological polar surface area (TPSA) is 133 Å². The van der Waals surface area contributed by atoms with Crippen LogP contribution in [0.3, 0.4) is 0 Å². The van der Waals surface area contributed by atoms with Gasteiger partial charge < -0.3 is 20.3 Å². The molecular weight excluding hydrogens is 462 g/mol. The minimum Gasteiger partial charge on any atom is -0.462 e. The molecule has 0 saturated heterocycles. The van der Waals surface area contributed by atoms with Gasteiger partial charge >= 0.3 is 5.97 Å². The number of nitrogens with zero attached hydrogens (tertiary/aromatic N) is 2. The van der Waals surface area contributed by atoms with E-state index in [0.29, 0.717) is 30.3 Å². The Morgan fingerprint density at radius 3 is 2.61 bits per heavy atom. The lowest BCUT2D eigenvalue weighted by Gasteiger charge is -2.30. The van der Waals surface area contributed by atoms with Crippen molar-refractivity contribution in [1.29, 1.82) is 0 Å². The van der Waals surface area contributed by atoms with E-state index in [2.05, 4.69) is 26.7 Å². The van der Waals surface area contributed by atoms with Crippen LogP contribution in [0, 0.1) is 0 Å². The van der Waals surface area contributed by atoms with Gasteiger partial charge in [-0.1, -0.05) is 24.3 Å². The predicted molar refractivity (Wildman–Crippen MR) is 133 cm³/mol. The van der Waals surface area contributed by atoms with Crippen LogP contribution in [0.15, 0.2) is 53.3 Å². The third kappa shape index (κ3) is 4.57. The largest absolute Gasteiger partial charge is 0.462 e. The highest BCUT2D eigenvalue weighted by atomic mass is 16.5. The summed E-state index contributed by atoms with van der Waals surface area (Å²) in [6.45, 7) is 3.22. The second-order valence-electron chi connectivity index (χ2n) is 8.68. The average Bonchev–Trinajstić information content (AvgIpc) is 2.88. The molecular formula is C26H25N5O5. The predicted octanol–water partition coefficient (Wildman–Crippen LogP) is 2.57. The smallest absolute Gasteiger partial charge is 0.338 e. The minimum atomic E-state index is -1.01. The molecule has 10 nitrogen and oxygen atoms in total. The maximum absolute atomic E-state index is 13.1. The summed E-state index contributed by atoms with van der Waals surface area (Å²) in [6, 6.07) is 14.3. The molecule has 3 aromatic rings. The molecule has 0 saturated carbocycles. The molecule has 2 aliphatic rings. The Morgan fingerprint density at radius 1 is 1.11 bits per heavy atom. The van der Waals surface area contributed by atoms with Gasteiger partial charge in [-0.05, 0) is 48.7 Å². The number of carbonyl (C=O) groups excluding carboxylic acids is 3. The number of H-pyrrole nitrogens is 1. The molecule has 0 fully saturated rings. The fourth-order valence-electron chi connectivity index (χ4n) is 4.54. The van der Waals surface area contributed by atoms with Gasteiger partial charge in [0.15, 0.2) is 0 Å². The Bertz CT molecular complexity index is 1400. The van der Waals surface area contributed by atoms with E-state index in [-0.39, 0.29) is 24.4 Å². The van der Waals surface area contributed by atoms with Crippen molar-refractivity contribution in [3.8, 4) is 0 Å². The lowest BCUT2D eigenvalue weighted by atomic mass is 9.92. The van der Waals surface area contributed by atoms with Gasteiger partial charge in [0.25, 0.3) is 5.56 Å². The van der Waals surface area contributed by atoms with Gasteiger partial charge in [0.05, 0.1) is 23.7 Å². The number of amides is 2. The molecule has 10 heteroatoms. The van der Waals surface area contributed by atoms with E-state index >= 15 is 0 Å². The van der Waals surface area contributed by atoms with E-state index in [9.17, 15) is 19.2 Å². The Balaban J connectivity index is 1.37. The number of rotatable bonds is 5. The lowest BCUT2D eigenvalue weighted by molar-refractivity contribution is -0.123. The highest BCUT2D eigenvalue weighted by Gasteiger charge is 2.35. The first-order valence-electron chi connectivity index (χ1n) is 11.8. The normalized spacial score (nSPS) is 16.4. The Morgan fingerprint density at radius 2 is 1.86 bits per heavy atom. The number of ether oxygens (including phenoxy) is 1. The van der Waals surface area contributed by atoms with Crippen molar-refractivity contribution in [1.82, 2.24) is 9.97 Å². The number of anilines is 3. The number of hydrogen-bond donors (Lipinski definition) is 3. The molecule has 0 spiro atoms. The van der Waals surface area contributed by atoms with Gasteiger partial charge in [-0.2, -0.15) is 4.98 Å². The van der Waals surface area contributed by atoms with Gasteiger partial charge in [-0.3, -0.25) is 19.4 Å². The van der Waals surface area contributed by atoms with Crippen molar-refractivity contribution in [2.75, 3.05) is 28.7 Å². The second-order valence-corrected chi connectivity index (χ2v) is 8.68. The highest BCUT2D eigenvalue weighted by molar-refractivity contribution is 6.04. The van der Waals surface area contributed by atoms with Crippen LogP contribution < -0.4 is 21.1 Å². The number of aromatic amines is 1. The van der Waals surface area contributed by atoms with Gasteiger partial charge in [-0.25, -0.2) is 4.79 Å². The Hall–Kier alpha value is -4.47. The highest BCUT2D eigenvalue weighted by Crippen LogP contribution is 2.31. The second kappa shape index (κ2) is 9.65. The molecule has 3 heterocycles. The van der Waals surface area contributed by atoms with E-state index in [1.54, 1.807) is 19.1 Å². The summed E-state index contributed by atoms with van der Waals surface area (Å²) in [5.41, 5.74) is 2.84. The quantitative estimate of drug-likeness (QED) is 0.471. The zero-order chi connectivity index (χ0) is 25.2. The summed E-state index contributed by atoms with van der Waals surface area (Å²) in [6.07, 6.45) is 0.629. The Labute approximate surface area is 206 Å². The summed E-state index contributed by atoms with van der Waals surface area (Å²) in [7, 11) is 0. The van der Waals surface area contributed by atoms with Crippen LogP contribution >= 0.6 is 0 Å². The van der Waals surface area contributed by atoms with E-state index in [4.69, 9.17) is 4.74 Å². The number of hydrogen-bond acceptors (Lipinski definition) is 7. The van der Waals surface area contributed by atoms with Crippen molar-refractivity contribution in [3.63, 3.8) is 0 Å². The summed E-state index contributed by atoms with van der Waals surface area (Å²) >= 11 is 0. The van der Waals surface area contributed by atoms with Crippen LogP contribution in [-0.4, -0.2) is 40.9 Å². The van der Waals surface area contributed by atoms with Crippen LogP contribution in [0.25, 0.3) is 0 Å². The fraction of sp³-hybridized carbons (Fsp3) is 0.269. The third-order valence-corrected chi connectivity index (χ3v) is 6.35. The third-order valence-electron chi connectivity index (χ3n) is 6.35. The van der Waals surface area contributed by atoms with Crippen LogP contribution in [0.1, 0.15) is 46.3 Å². The molecule has 0 aliphatic carbocycles. The molecule has 0 bridgehead atoms. The number of benzene rings is 2. The van der Waals surface area contributed by atoms with E-state index in [1.165, 1.54) is 17.7 Å². The van der Waals surface area contributed by atoms with Gasteiger partial charge in [0.1, 0.15) is 5.82 Å². The van der Waals surface area contributed by atoms with Crippen LogP contribution in [0.4, 0.5) is 17.5 Å². The van der Waals surface area contributed by atoms with E-state index in [0.717, 1.165) is 12.0 Å². The van der Waals surface area contributed by atoms with Crippen molar-refractivity contribution in [2.24, 2.45) is 0 Å². The zero-order valence-corrected chi connectivity index (χ0v) is 19.7. The minimum absolute atomic E-state index is 0.0988. The summed E-state index contributed by atoms with van der Waals surface area (Å²) in [5, 5.41) is 5.38. The number of fused-ring (bicyclic) bond motifs is 2. The first-order valence-corrected chi connectivity index (χ1v) is 11.8. The molecule has 1 unspecified atom stereocenters. The first kappa shape index (κ1) is 23.3. The lowest BCUT2D eigenvalue weighted by Crippen LogP contribution is -2.38. The molecule has 3 N–H and O–H groups in total. The number of esters is 1. The molecule has 1 aromatic heterocycles. The molecule has 184 valence electrons. The average molecular weight is 488 g/mol. The number of aromatic nitrogens is 2. The summed E-state index contributed by atoms with van der Waals surface area (Å²) in [5.74, 6) is -1.93. The number of nitrogens with one attached hydrogen (secondary N) is 3. The van der Waals surface area contributed by atoms with E-state index < -0.39 is 29.3 Å². The molecule has 5 rings (SSSR count). The first-order chi connectivity index (χ1) is 17.4. The van der Waals surface area contributed by atoms with Crippen LogP contribution in [0.5, 0.6) is 0 Å². The van der Waals surface area contributed by atoms with Crippen molar-refractivity contribution >= 4 is 35.2 Å². The van der Waals surface area contributed by atoms with Gasteiger partial charge in [-0.15, -0.1) is 0 Å². The fourth-order valence-corrected chi connectivity index (χ4v) is 4.54. The Kier molecular flexibility index (Phi) is 6.24. The maximum atomic E-state index is 13.1. The molecule has 36 heavy (non-hydrogen) atoms.